The van der Waals surface area contributed by atoms with Crippen LogP contribution >= 0.6 is 62.3 Å². The Morgan fingerprint density at radius 1 is 0.864 bits per heavy atom. The second-order valence-corrected chi connectivity index (χ2v) is 12.1. The molecule has 4 rings (SSSR count). The molecule has 4 aromatic rings. The molecule has 228 valence electrons. The maximum atomic E-state index is 13.2. The van der Waals surface area contributed by atoms with Crippen molar-refractivity contribution in [3.8, 4) is 11.5 Å². The average molecular weight is 738 g/mol. The van der Waals surface area contributed by atoms with E-state index in [1.54, 1.807) is 55.5 Å². The number of rotatable bonds is 12. The molecule has 0 spiro atoms. The molecule has 2 atom stereocenters. The summed E-state index contributed by atoms with van der Waals surface area (Å²) in [7, 11) is 0. The zero-order valence-electron chi connectivity index (χ0n) is 23.2. The highest BCUT2D eigenvalue weighted by Crippen LogP contribution is 2.29. The molecule has 0 heterocycles. The highest BCUT2D eigenvalue weighted by Gasteiger charge is 2.25. The van der Waals surface area contributed by atoms with Crippen molar-refractivity contribution in [3.05, 3.63) is 126 Å². The van der Waals surface area contributed by atoms with Gasteiger partial charge in [-0.15, -0.1) is 0 Å². The minimum Gasteiger partial charge on any atom is -0.488 e. The van der Waals surface area contributed by atoms with Crippen molar-refractivity contribution >= 4 is 80.4 Å². The van der Waals surface area contributed by atoms with Crippen LogP contribution in [0.3, 0.4) is 0 Å². The molecular formula is C32H26BrCl4N3O4. The number of ether oxygens (including phenoxy) is 2. The summed E-state index contributed by atoms with van der Waals surface area (Å²) < 4.78 is 12.3. The van der Waals surface area contributed by atoms with Crippen LogP contribution in [0.2, 0.25) is 20.1 Å². The summed E-state index contributed by atoms with van der Waals surface area (Å²) in [6.45, 7) is 1.81. The molecule has 44 heavy (non-hydrogen) atoms. The van der Waals surface area contributed by atoms with E-state index in [1.165, 1.54) is 12.3 Å². The van der Waals surface area contributed by atoms with Crippen LogP contribution in [-0.2, 0) is 22.6 Å². The third kappa shape index (κ3) is 9.87. The summed E-state index contributed by atoms with van der Waals surface area (Å²) >= 11 is 27.8. The first-order valence-corrected chi connectivity index (χ1v) is 15.5. The fourth-order valence-corrected chi connectivity index (χ4v) is 5.35. The molecule has 2 amide bonds. The SMILES string of the molecule is C[C@@H](Oc1ccc(Cl)cc1Cl)C(=O)N[C@@H](Cc1ccccc1)C(=O)N/N=C\c1ccc(OCc2ccc(Cl)cc2Cl)c(Br)c1. The summed E-state index contributed by atoms with van der Waals surface area (Å²) in [5.41, 5.74) is 4.86. The molecule has 0 aliphatic heterocycles. The van der Waals surface area contributed by atoms with E-state index in [0.29, 0.717) is 36.6 Å². The van der Waals surface area contributed by atoms with E-state index in [1.807, 2.05) is 30.3 Å². The Bertz CT molecular complexity index is 1660. The molecule has 2 N–H and O–H groups in total. The van der Waals surface area contributed by atoms with Crippen molar-refractivity contribution in [2.45, 2.75) is 32.1 Å². The van der Waals surface area contributed by atoms with E-state index >= 15 is 0 Å². The van der Waals surface area contributed by atoms with E-state index in [-0.39, 0.29) is 18.1 Å². The van der Waals surface area contributed by atoms with Gasteiger partial charge in [-0.05, 0) is 82.5 Å². The molecule has 0 aromatic heterocycles. The summed E-state index contributed by atoms with van der Waals surface area (Å²) in [5.74, 6) is -0.118. The minimum atomic E-state index is -0.947. The molecule has 12 heteroatoms. The van der Waals surface area contributed by atoms with Crippen molar-refractivity contribution in [3.63, 3.8) is 0 Å². The first kappa shape index (κ1) is 33.6. The van der Waals surface area contributed by atoms with Crippen LogP contribution in [0.25, 0.3) is 0 Å². The van der Waals surface area contributed by atoms with E-state index in [9.17, 15) is 9.59 Å². The molecule has 0 unspecified atom stereocenters. The molecule has 0 bridgehead atoms. The Morgan fingerprint density at radius 3 is 2.23 bits per heavy atom. The summed E-state index contributed by atoms with van der Waals surface area (Å²) in [4.78, 5) is 26.2. The number of halogens is 5. The lowest BCUT2D eigenvalue weighted by molar-refractivity contribution is -0.132. The van der Waals surface area contributed by atoms with Crippen LogP contribution in [0, 0.1) is 0 Å². The van der Waals surface area contributed by atoms with Crippen molar-refractivity contribution in [2.24, 2.45) is 5.10 Å². The summed E-state index contributed by atoms with van der Waals surface area (Å²) in [5, 5.41) is 8.63. The van der Waals surface area contributed by atoms with Crippen molar-refractivity contribution in [2.75, 3.05) is 0 Å². The standard InChI is InChI=1S/C32H26BrCl4N3O4/c1-19(44-30-12-10-24(35)16-27(30)37)31(41)39-28(14-20-5-3-2-4-6-20)32(42)40-38-17-21-7-11-29(25(33)13-21)43-18-22-8-9-23(34)15-26(22)36/h2-13,15-17,19,28H,14,18H2,1H3,(H,39,41)(H,40,42)/b38-17-/t19-,28+/m1/s1. The Hall–Kier alpha value is -3.27. The smallest absolute Gasteiger partial charge is 0.262 e. The number of benzene rings is 4. The highest BCUT2D eigenvalue weighted by atomic mass is 79.9. The zero-order valence-corrected chi connectivity index (χ0v) is 27.8. The normalized spacial score (nSPS) is 12.4. The second kappa shape index (κ2) is 16.2. The fraction of sp³-hybridized carbons (Fsp3) is 0.156. The molecule has 7 nitrogen and oxygen atoms in total. The number of hydrogen-bond acceptors (Lipinski definition) is 5. The predicted octanol–water partition coefficient (Wildman–Crippen LogP) is 8.29. The molecule has 0 aliphatic rings. The van der Waals surface area contributed by atoms with E-state index in [0.717, 1.165) is 11.1 Å². The van der Waals surface area contributed by atoms with Gasteiger partial charge in [0.15, 0.2) is 6.10 Å². The lowest BCUT2D eigenvalue weighted by Crippen LogP contribution is -2.50. The van der Waals surface area contributed by atoms with Gasteiger partial charge in [0, 0.05) is 27.1 Å². The van der Waals surface area contributed by atoms with E-state index in [2.05, 4.69) is 31.8 Å². The first-order valence-electron chi connectivity index (χ1n) is 13.2. The highest BCUT2D eigenvalue weighted by molar-refractivity contribution is 9.10. The van der Waals surface area contributed by atoms with Crippen molar-refractivity contribution in [1.29, 1.82) is 0 Å². The van der Waals surface area contributed by atoms with Gasteiger partial charge in [0.05, 0.1) is 15.7 Å². The van der Waals surface area contributed by atoms with Crippen molar-refractivity contribution in [1.82, 2.24) is 10.7 Å². The van der Waals surface area contributed by atoms with Gasteiger partial charge in [0.25, 0.3) is 11.8 Å². The van der Waals surface area contributed by atoms with Crippen LogP contribution in [0.1, 0.15) is 23.6 Å². The van der Waals surface area contributed by atoms with Gasteiger partial charge in [-0.25, -0.2) is 5.43 Å². The summed E-state index contributed by atoms with van der Waals surface area (Å²) in [6.07, 6.45) is 0.771. The zero-order chi connectivity index (χ0) is 31.6. The number of carbonyl (C=O) groups is 2. The van der Waals surface area contributed by atoms with Gasteiger partial charge in [-0.3, -0.25) is 9.59 Å². The topological polar surface area (TPSA) is 89.0 Å². The molecular weight excluding hydrogens is 712 g/mol. The monoisotopic (exact) mass is 735 g/mol. The number of hydrazone groups is 1. The van der Waals surface area contributed by atoms with Crippen LogP contribution in [0.15, 0.2) is 94.5 Å². The molecule has 4 aromatic carbocycles. The maximum Gasteiger partial charge on any atom is 0.262 e. The molecule has 0 saturated heterocycles. The van der Waals surface area contributed by atoms with Gasteiger partial charge in [0.2, 0.25) is 0 Å². The van der Waals surface area contributed by atoms with Gasteiger partial charge >= 0.3 is 0 Å². The molecule has 0 saturated carbocycles. The Labute approximate surface area is 283 Å². The minimum absolute atomic E-state index is 0.234. The third-order valence-electron chi connectivity index (χ3n) is 6.23. The van der Waals surface area contributed by atoms with Gasteiger partial charge in [0.1, 0.15) is 24.1 Å². The number of nitrogens with one attached hydrogen (secondary N) is 2. The average Bonchev–Trinajstić information content (AvgIpc) is 2.99. The van der Waals surface area contributed by atoms with Crippen LogP contribution in [-0.4, -0.2) is 30.2 Å². The maximum absolute atomic E-state index is 13.2. The van der Waals surface area contributed by atoms with Gasteiger partial charge < -0.3 is 14.8 Å². The lowest BCUT2D eigenvalue weighted by atomic mass is 10.1. The van der Waals surface area contributed by atoms with E-state index < -0.39 is 24.0 Å². The van der Waals surface area contributed by atoms with Crippen LogP contribution < -0.4 is 20.2 Å². The first-order chi connectivity index (χ1) is 21.1. The third-order valence-corrected chi connectivity index (χ3v) is 7.96. The Balaban J connectivity index is 1.38. The fourth-order valence-electron chi connectivity index (χ4n) is 3.92. The number of amides is 2. The van der Waals surface area contributed by atoms with Crippen LogP contribution in [0.5, 0.6) is 11.5 Å². The van der Waals surface area contributed by atoms with Gasteiger partial charge in [-0.2, -0.15) is 5.10 Å². The number of carbonyl (C=O) groups excluding carboxylic acids is 2. The lowest BCUT2D eigenvalue weighted by Gasteiger charge is -2.21. The second-order valence-electron chi connectivity index (χ2n) is 9.53. The largest absolute Gasteiger partial charge is 0.488 e. The summed E-state index contributed by atoms with van der Waals surface area (Å²) in [6, 6.07) is 23.6. The quantitative estimate of drug-likeness (QED) is 0.113. The molecule has 0 aliphatic carbocycles. The number of nitrogens with zero attached hydrogens (tertiary/aromatic N) is 1. The molecule has 0 fully saturated rings. The van der Waals surface area contributed by atoms with E-state index in [4.69, 9.17) is 55.9 Å². The predicted molar refractivity (Wildman–Crippen MR) is 179 cm³/mol. The Kier molecular flexibility index (Phi) is 12.3. The number of hydrogen-bond donors (Lipinski definition) is 2. The Morgan fingerprint density at radius 2 is 1.55 bits per heavy atom. The molecule has 0 radical (unpaired) electrons. The van der Waals surface area contributed by atoms with Crippen LogP contribution in [0.4, 0.5) is 0 Å². The van der Waals surface area contributed by atoms with Crippen molar-refractivity contribution < 1.29 is 19.1 Å². The van der Waals surface area contributed by atoms with Gasteiger partial charge in [-0.1, -0.05) is 82.8 Å².